The molecule has 8 nitrogen and oxygen atoms in total. The maximum atomic E-state index is 11.2. The highest BCUT2D eigenvalue weighted by Crippen LogP contribution is 2.42. The summed E-state index contributed by atoms with van der Waals surface area (Å²) < 4.78 is 24.7. The number of phosphoric acid groups is 1. The lowest BCUT2D eigenvalue weighted by Crippen LogP contribution is -2.38. The second kappa shape index (κ2) is 7.72. The zero-order valence-corrected chi connectivity index (χ0v) is 10.1. The van der Waals surface area contributed by atoms with Crippen molar-refractivity contribution in [3.8, 4) is 0 Å². The molecule has 0 fully saturated rings. The highest BCUT2D eigenvalue weighted by atomic mass is 31.2. The molecule has 0 radical (unpaired) electrons. The molecule has 96 valence electrons. The summed E-state index contributed by atoms with van der Waals surface area (Å²) in [6, 6.07) is -0.827. The van der Waals surface area contributed by atoms with Crippen LogP contribution in [0, 0.1) is 0 Å². The van der Waals surface area contributed by atoms with Gasteiger partial charge in [-0.05, 0) is 7.05 Å². The Balaban J connectivity index is 4.09. The molecule has 4 N–H and O–H groups in total. The molecule has 0 aliphatic carbocycles. The van der Waals surface area contributed by atoms with Crippen LogP contribution in [0.4, 0.5) is 0 Å². The second-order valence-corrected chi connectivity index (χ2v) is 4.20. The van der Waals surface area contributed by atoms with Crippen molar-refractivity contribution in [3.63, 3.8) is 0 Å². The van der Waals surface area contributed by atoms with E-state index in [-0.39, 0.29) is 19.8 Å². The Bertz CT molecular complexity index is 261. The van der Waals surface area contributed by atoms with Crippen LogP contribution in [0.25, 0.3) is 0 Å². The van der Waals surface area contributed by atoms with E-state index in [4.69, 9.17) is 10.6 Å². The summed E-state index contributed by atoms with van der Waals surface area (Å²) in [6.45, 7) is -0.335. The minimum Gasteiger partial charge on any atom is -0.468 e. The Morgan fingerprint density at radius 2 is 2.19 bits per heavy atom. The van der Waals surface area contributed by atoms with E-state index in [9.17, 15) is 9.36 Å². The second-order valence-electron chi connectivity index (χ2n) is 2.75. The third-order valence-electron chi connectivity index (χ3n) is 1.61. The van der Waals surface area contributed by atoms with Gasteiger partial charge in [-0.25, -0.2) is 4.57 Å². The first-order valence-electron chi connectivity index (χ1n) is 4.54. The minimum atomic E-state index is -4.15. The molecule has 0 aromatic rings. The first-order chi connectivity index (χ1) is 7.46. The molecule has 1 unspecified atom stereocenters. The Morgan fingerprint density at radius 1 is 1.56 bits per heavy atom. The van der Waals surface area contributed by atoms with Gasteiger partial charge in [-0.3, -0.25) is 13.8 Å². The molecule has 0 aromatic heterocycles. The highest BCUT2D eigenvalue weighted by Gasteiger charge is 2.25. The summed E-state index contributed by atoms with van der Waals surface area (Å²) in [5.41, 5.74) is 5.09. The molecular formula is C7H17N2O6P. The largest absolute Gasteiger partial charge is 0.472 e. The maximum absolute atomic E-state index is 11.2. The molecule has 16 heavy (non-hydrogen) atoms. The highest BCUT2D eigenvalue weighted by molar-refractivity contribution is 7.47. The predicted octanol–water partition coefficient (Wildman–Crippen LogP) is -1.16. The smallest absolute Gasteiger partial charge is 0.468 e. The fourth-order valence-corrected chi connectivity index (χ4v) is 1.53. The number of carbonyl (C=O) groups excluding carboxylic acids is 1. The third kappa shape index (κ3) is 6.16. The lowest BCUT2D eigenvalue weighted by atomic mass is 10.3. The fraction of sp³-hybridized carbons (Fsp3) is 0.857. The van der Waals surface area contributed by atoms with E-state index >= 15 is 0 Å². The topological polar surface area (TPSA) is 120 Å². The fourth-order valence-electron chi connectivity index (χ4n) is 0.786. The molecule has 0 saturated heterocycles. The van der Waals surface area contributed by atoms with Gasteiger partial charge in [0.1, 0.15) is 6.04 Å². The first-order valence-corrected chi connectivity index (χ1v) is 6.03. The Hall–Kier alpha value is -0.500. The van der Waals surface area contributed by atoms with Gasteiger partial charge >= 0.3 is 13.8 Å². The average Bonchev–Trinajstić information content (AvgIpc) is 2.26. The molecule has 0 spiro atoms. The molecule has 0 rings (SSSR count). The van der Waals surface area contributed by atoms with E-state index in [0.29, 0.717) is 0 Å². The summed E-state index contributed by atoms with van der Waals surface area (Å²) in [6.07, 6.45) is 0. The summed E-state index contributed by atoms with van der Waals surface area (Å²) >= 11 is 0. The van der Waals surface area contributed by atoms with E-state index in [2.05, 4.69) is 19.1 Å². The van der Waals surface area contributed by atoms with Crippen molar-refractivity contribution in [1.82, 2.24) is 5.32 Å². The molecule has 0 aliphatic heterocycles. The average molecular weight is 256 g/mol. The van der Waals surface area contributed by atoms with Crippen molar-refractivity contribution in [2.45, 2.75) is 6.04 Å². The van der Waals surface area contributed by atoms with Gasteiger partial charge in [0.05, 0.1) is 20.3 Å². The number of likely N-dealkylation sites (N-methyl/N-ethyl adjacent to an activating group) is 1. The molecule has 0 aromatic carbocycles. The van der Waals surface area contributed by atoms with Crippen LogP contribution in [-0.2, 0) is 23.1 Å². The Morgan fingerprint density at radius 3 is 2.62 bits per heavy atom. The van der Waals surface area contributed by atoms with E-state index < -0.39 is 19.8 Å². The van der Waals surface area contributed by atoms with Gasteiger partial charge in [0, 0.05) is 6.54 Å². The molecule has 0 amide bonds. The van der Waals surface area contributed by atoms with Crippen LogP contribution in [0.5, 0.6) is 0 Å². The molecular weight excluding hydrogens is 239 g/mol. The van der Waals surface area contributed by atoms with Crippen molar-refractivity contribution >= 4 is 13.8 Å². The SMILES string of the molecule is CN[C@H](COP(=O)(O)OCCN)C(=O)OC. The summed E-state index contributed by atoms with van der Waals surface area (Å²) in [7, 11) is -1.46. The van der Waals surface area contributed by atoms with Gasteiger partial charge < -0.3 is 20.7 Å². The van der Waals surface area contributed by atoms with Gasteiger partial charge in [-0.1, -0.05) is 0 Å². The van der Waals surface area contributed by atoms with Gasteiger partial charge in [-0.2, -0.15) is 0 Å². The van der Waals surface area contributed by atoms with E-state index in [1.807, 2.05) is 0 Å². The van der Waals surface area contributed by atoms with Crippen molar-refractivity contribution < 1.29 is 28.0 Å². The summed E-state index contributed by atoms with van der Waals surface area (Å²) in [5, 5.41) is 2.57. The first kappa shape index (κ1) is 15.5. The van der Waals surface area contributed by atoms with Crippen molar-refractivity contribution in [2.24, 2.45) is 5.73 Å². The molecule has 0 aliphatic rings. The zero-order valence-electron chi connectivity index (χ0n) is 9.21. The number of nitrogens with two attached hydrogens (primary N) is 1. The predicted molar refractivity (Wildman–Crippen MR) is 55.6 cm³/mol. The number of carbonyl (C=O) groups is 1. The number of ether oxygens (including phenoxy) is 1. The molecule has 0 bridgehead atoms. The minimum absolute atomic E-state index is 0.0976. The number of phosphoric ester groups is 1. The summed E-state index contributed by atoms with van der Waals surface area (Å²) in [5.74, 6) is -0.596. The van der Waals surface area contributed by atoms with Crippen LogP contribution in [0.1, 0.15) is 0 Å². The zero-order chi connectivity index (χ0) is 12.6. The van der Waals surface area contributed by atoms with E-state index in [0.717, 1.165) is 0 Å². The number of hydrogen-bond acceptors (Lipinski definition) is 7. The van der Waals surface area contributed by atoms with E-state index in [1.54, 1.807) is 0 Å². The summed E-state index contributed by atoms with van der Waals surface area (Å²) in [4.78, 5) is 20.2. The van der Waals surface area contributed by atoms with Crippen LogP contribution < -0.4 is 11.1 Å². The number of hydrogen-bond donors (Lipinski definition) is 3. The maximum Gasteiger partial charge on any atom is 0.472 e. The lowest BCUT2D eigenvalue weighted by Gasteiger charge is -2.16. The van der Waals surface area contributed by atoms with Crippen LogP contribution >= 0.6 is 7.82 Å². The number of rotatable bonds is 8. The van der Waals surface area contributed by atoms with Gasteiger partial charge in [0.15, 0.2) is 0 Å². The Labute approximate surface area is 93.7 Å². The molecule has 2 atom stereocenters. The quantitative estimate of drug-likeness (QED) is 0.367. The lowest BCUT2D eigenvalue weighted by molar-refractivity contribution is -0.143. The molecule has 9 heteroatoms. The van der Waals surface area contributed by atoms with Crippen LogP contribution in [-0.4, -0.2) is 50.8 Å². The third-order valence-corrected chi connectivity index (χ3v) is 2.60. The van der Waals surface area contributed by atoms with Crippen LogP contribution in [0.2, 0.25) is 0 Å². The van der Waals surface area contributed by atoms with Gasteiger partial charge in [0.25, 0.3) is 0 Å². The normalized spacial score (nSPS) is 16.5. The standard InChI is InChI=1S/C7H17N2O6P/c1-9-6(7(10)13-2)5-15-16(11,12)14-4-3-8/h6,9H,3-5,8H2,1-2H3,(H,11,12)/t6-/m1/s1. The van der Waals surface area contributed by atoms with Gasteiger partial charge in [-0.15, -0.1) is 0 Å². The van der Waals surface area contributed by atoms with Crippen molar-refractivity contribution in [2.75, 3.05) is 33.9 Å². The molecule has 0 heterocycles. The molecule has 0 saturated carbocycles. The van der Waals surface area contributed by atoms with E-state index in [1.165, 1.54) is 14.2 Å². The number of esters is 1. The number of nitrogens with one attached hydrogen (secondary N) is 1. The number of methoxy groups -OCH3 is 1. The van der Waals surface area contributed by atoms with Crippen molar-refractivity contribution in [1.29, 1.82) is 0 Å². The van der Waals surface area contributed by atoms with Crippen LogP contribution in [0.15, 0.2) is 0 Å². The van der Waals surface area contributed by atoms with Crippen molar-refractivity contribution in [3.05, 3.63) is 0 Å². The monoisotopic (exact) mass is 256 g/mol. The Kier molecular flexibility index (Phi) is 7.48. The van der Waals surface area contributed by atoms with Gasteiger partial charge in [0.2, 0.25) is 0 Å². The van der Waals surface area contributed by atoms with Crippen LogP contribution in [0.3, 0.4) is 0 Å².